The maximum atomic E-state index is 12.0. The molecule has 1 atom stereocenters. The van der Waals surface area contributed by atoms with E-state index in [9.17, 15) is 4.79 Å². The van der Waals surface area contributed by atoms with Crippen molar-refractivity contribution in [3.8, 4) is 5.75 Å². The molecule has 0 aromatic heterocycles. The van der Waals surface area contributed by atoms with Crippen LogP contribution in [0.15, 0.2) is 48.5 Å². The lowest BCUT2D eigenvalue weighted by molar-refractivity contribution is -0.122. The van der Waals surface area contributed by atoms with E-state index in [1.54, 1.807) is 37.3 Å². The highest BCUT2D eigenvalue weighted by molar-refractivity contribution is 6.30. The lowest BCUT2D eigenvalue weighted by Crippen LogP contribution is -2.30. The predicted molar refractivity (Wildman–Crippen MR) is 81.0 cm³/mol. The van der Waals surface area contributed by atoms with Crippen LogP contribution in [0.1, 0.15) is 6.92 Å². The first-order chi connectivity index (χ1) is 9.56. The topological polar surface area (TPSA) is 64.3 Å². The Morgan fingerprint density at radius 3 is 2.65 bits per heavy atom. The van der Waals surface area contributed by atoms with Crippen LogP contribution in [0.4, 0.5) is 11.4 Å². The van der Waals surface area contributed by atoms with E-state index in [0.29, 0.717) is 22.1 Å². The van der Waals surface area contributed by atoms with E-state index in [1.807, 2.05) is 18.2 Å². The minimum Gasteiger partial charge on any atom is -0.479 e. The molecule has 0 saturated carbocycles. The molecule has 0 aliphatic rings. The number of anilines is 2. The third kappa shape index (κ3) is 3.65. The molecule has 5 heteroatoms. The Balaban J connectivity index is 2.02. The van der Waals surface area contributed by atoms with Crippen LogP contribution in [-0.4, -0.2) is 12.0 Å². The first-order valence-electron chi connectivity index (χ1n) is 6.14. The Hall–Kier alpha value is -2.20. The van der Waals surface area contributed by atoms with Gasteiger partial charge in [0, 0.05) is 16.8 Å². The molecule has 2 aromatic rings. The number of hydrogen-bond donors (Lipinski definition) is 2. The summed E-state index contributed by atoms with van der Waals surface area (Å²) in [6.45, 7) is 1.65. The zero-order valence-electron chi connectivity index (χ0n) is 11.0. The van der Waals surface area contributed by atoms with Gasteiger partial charge in [0.15, 0.2) is 6.10 Å². The fourth-order valence-electron chi connectivity index (χ4n) is 1.62. The molecule has 0 bridgehead atoms. The lowest BCUT2D eigenvalue weighted by atomic mass is 10.2. The van der Waals surface area contributed by atoms with E-state index >= 15 is 0 Å². The molecule has 104 valence electrons. The van der Waals surface area contributed by atoms with Crippen molar-refractivity contribution in [1.29, 1.82) is 0 Å². The largest absolute Gasteiger partial charge is 0.479 e. The van der Waals surface area contributed by atoms with Crippen molar-refractivity contribution in [1.82, 2.24) is 0 Å². The van der Waals surface area contributed by atoms with E-state index in [1.165, 1.54) is 0 Å². The summed E-state index contributed by atoms with van der Waals surface area (Å²) in [6.07, 6.45) is -0.684. The third-order valence-corrected chi connectivity index (χ3v) is 2.93. The summed E-state index contributed by atoms with van der Waals surface area (Å²) < 4.78 is 5.54. The van der Waals surface area contributed by atoms with Gasteiger partial charge >= 0.3 is 0 Å². The predicted octanol–water partition coefficient (Wildman–Crippen LogP) is 3.33. The van der Waals surface area contributed by atoms with Gasteiger partial charge in [0.25, 0.3) is 5.91 Å². The molecule has 1 amide bonds. The molecule has 0 radical (unpaired) electrons. The van der Waals surface area contributed by atoms with Crippen molar-refractivity contribution in [3.05, 3.63) is 53.6 Å². The van der Waals surface area contributed by atoms with Gasteiger partial charge in [-0.05, 0) is 31.2 Å². The highest BCUT2D eigenvalue weighted by Gasteiger charge is 2.16. The van der Waals surface area contributed by atoms with Gasteiger partial charge in [0.1, 0.15) is 5.75 Å². The number of para-hydroxylation sites is 1. The van der Waals surface area contributed by atoms with Crippen LogP contribution in [0.2, 0.25) is 5.02 Å². The minimum absolute atomic E-state index is 0.254. The number of rotatable bonds is 4. The lowest BCUT2D eigenvalue weighted by Gasteiger charge is -2.16. The number of benzene rings is 2. The first-order valence-corrected chi connectivity index (χ1v) is 6.51. The summed E-state index contributed by atoms with van der Waals surface area (Å²) in [5.41, 5.74) is 6.93. The fraction of sp³-hybridized carbons (Fsp3) is 0.133. The van der Waals surface area contributed by atoms with E-state index in [4.69, 9.17) is 22.1 Å². The molecule has 0 fully saturated rings. The van der Waals surface area contributed by atoms with Gasteiger partial charge in [0.05, 0.1) is 5.69 Å². The highest BCUT2D eigenvalue weighted by Crippen LogP contribution is 2.26. The number of nitrogens with two attached hydrogens (primary N) is 1. The standard InChI is InChI=1S/C15H15ClN2O2/c1-10(15(19)18-12-5-3-2-4-6-12)20-14-9-11(16)7-8-13(14)17/h2-10H,17H2,1H3,(H,18,19). The maximum Gasteiger partial charge on any atom is 0.265 e. The van der Waals surface area contributed by atoms with Crippen molar-refractivity contribution < 1.29 is 9.53 Å². The van der Waals surface area contributed by atoms with Gasteiger partial charge in [-0.1, -0.05) is 29.8 Å². The molecule has 2 aromatic carbocycles. The average Bonchev–Trinajstić information content (AvgIpc) is 2.44. The Kier molecular flexibility index (Phi) is 4.48. The second-order valence-corrected chi connectivity index (χ2v) is 4.73. The summed E-state index contributed by atoms with van der Waals surface area (Å²) in [5, 5.41) is 3.26. The van der Waals surface area contributed by atoms with E-state index in [0.717, 1.165) is 0 Å². The van der Waals surface area contributed by atoms with Crippen molar-refractivity contribution in [3.63, 3.8) is 0 Å². The maximum absolute atomic E-state index is 12.0. The molecule has 1 unspecified atom stereocenters. The fourth-order valence-corrected chi connectivity index (χ4v) is 1.78. The molecule has 0 aliphatic carbocycles. The molecule has 0 spiro atoms. The molecule has 20 heavy (non-hydrogen) atoms. The number of carbonyl (C=O) groups excluding carboxylic acids is 1. The number of nitrogen functional groups attached to an aromatic ring is 1. The van der Waals surface area contributed by atoms with E-state index in [2.05, 4.69) is 5.32 Å². The summed E-state index contributed by atoms with van der Waals surface area (Å²) in [4.78, 5) is 12.0. The number of nitrogens with one attached hydrogen (secondary N) is 1. The zero-order chi connectivity index (χ0) is 14.5. The average molecular weight is 291 g/mol. The number of halogens is 1. The van der Waals surface area contributed by atoms with Crippen LogP contribution < -0.4 is 15.8 Å². The molecule has 0 aliphatic heterocycles. The van der Waals surface area contributed by atoms with Crippen molar-refractivity contribution in [2.24, 2.45) is 0 Å². The van der Waals surface area contributed by atoms with E-state index in [-0.39, 0.29) is 5.91 Å². The zero-order valence-corrected chi connectivity index (χ0v) is 11.7. The van der Waals surface area contributed by atoms with Gasteiger partial charge in [0.2, 0.25) is 0 Å². The minimum atomic E-state index is -0.684. The van der Waals surface area contributed by atoms with Crippen molar-refractivity contribution in [2.75, 3.05) is 11.1 Å². The second kappa shape index (κ2) is 6.30. The van der Waals surface area contributed by atoms with E-state index < -0.39 is 6.10 Å². The van der Waals surface area contributed by atoms with Gasteiger partial charge in [-0.25, -0.2) is 0 Å². The summed E-state index contributed by atoms with van der Waals surface area (Å²) in [5.74, 6) is 0.142. The molecule has 4 nitrogen and oxygen atoms in total. The van der Waals surface area contributed by atoms with Crippen molar-refractivity contribution >= 4 is 28.9 Å². The number of carbonyl (C=O) groups is 1. The molecule has 0 saturated heterocycles. The highest BCUT2D eigenvalue weighted by atomic mass is 35.5. The quantitative estimate of drug-likeness (QED) is 0.849. The van der Waals surface area contributed by atoms with Crippen LogP contribution in [-0.2, 0) is 4.79 Å². The molecule has 2 rings (SSSR count). The smallest absolute Gasteiger partial charge is 0.265 e. The molecule has 3 N–H and O–H groups in total. The SMILES string of the molecule is CC(Oc1cc(Cl)ccc1N)C(=O)Nc1ccccc1. The Morgan fingerprint density at radius 1 is 1.25 bits per heavy atom. The Morgan fingerprint density at radius 2 is 1.95 bits per heavy atom. The third-order valence-electron chi connectivity index (χ3n) is 2.69. The number of amides is 1. The monoisotopic (exact) mass is 290 g/mol. The normalized spacial score (nSPS) is 11.7. The Labute approximate surface area is 122 Å². The van der Waals surface area contributed by atoms with Crippen LogP contribution in [0.3, 0.4) is 0 Å². The molecular weight excluding hydrogens is 276 g/mol. The van der Waals surface area contributed by atoms with Crippen LogP contribution in [0.25, 0.3) is 0 Å². The van der Waals surface area contributed by atoms with Crippen LogP contribution in [0.5, 0.6) is 5.75 Å². The van der Waals surface area contributed by atoms with Gasteiger partial charge < -0.3 is 15.8 Å². The molecular formula is C15H15ClN2O2. The number of ether oxygens (including phenoxy) is 1. The van der Waals surface area contributed by atoms with Crippen LogP contribution >= 0.6 is 11.6 Å². The summed E-state index contributed by atoms with van der Waals surface area (Å²) in [6, 6.07) is 14.1. The van der Waals surface area contributed by atoms with Gasteiger partial charge in [-0.2, -0.15) is 0 Å². The van der Waals surface area contributed by atoms with Gasteiger partial charge in [-0.15, -0.1) is 0 Å². The van der Waals surface area contributed by atoms with Gasteiger partial charge in [-0.3, -0.25) is 4.79 Å². The number of hydrogen-bond acceptors (Lipinski definition) is 3. The summed E-state index contributed by atoms with van der Waals surface area (Å²) >= 11 is 5.87. The Bertz CT molecular complexity index is 602. The first kappa shape index (κ1) is 14.2. The summed E-state index contributed by atoms with van der Waals surface area (Å²) in [7, 11) is 0. The van der Waals surface area contributed by atoms with Crippen molar-refractivity contribution in [2.45, 2.75) is 13.0 Å². The van der Waals surface area contributed by atoms with Crippen LogP contribution in [0, 0.1) is 0 Å². The molecule has 0 heterocycles. The second-order valence-electron chi connectivity index (χ2n) is 4.30.